The SMILES string of the molecule is CC(Sc1nc2c3ccccc3ncn2n1)C(=O)Nc1ccc([N+](=O)[O-])cc1. The van der Waals surface area contributed by atoms with Gasteiger partial charge in [0.15, 0.2) is 5.65 Å². The fraction of sp³-hybridized carbons (Fsp3) is 0.111. The molecule has 4 rings (SSSR count). The van der Waals surface area contributed by atoms with E-state index in [0.717, 1.165) is 10.9 Å². The zero-order valence-corrected chi connectivity index (χ0v) is 15.5. The van der Waals surface area contributed by atoms with Crippen molar-refractivity contribution < 1.29 is 9.72 Å². The third kappa shape index (κ3) is 3.49. The first kappa shape index (κ1) is 17.9. The number of fused-ring (bicyclic) bond motifs is 3. The minimum Gasteiger partial charge on any atom is -0.325 e. The molecule has 4 aromatic rings. The van der Waals surface area contributed by atoms with Gasteiger partial charge in [0, 0.05) is 23.2 Å². The Labute approximate surface area is 162 Å². The first-order valence-electron chi connectivity index (χ1n) is 8.33. The number of para-hydroxylation sites is 1. The number of benzene rings is 2. The fourth-order valence-corrected chi connectivity index (χ4v) is 3.39. The van der Waals surface area contributed by atoms with Crippen LogP contribution in [0.1, 0.15) is 6.92 Å². The third-order valence-corrected chi connectivity index (χ3v) is 5.01. The lowest BCUT2D eigenvalue weighted by Crippen LogP contribution is -2.22. The average molecular weight is 394 g/mol. The quantitative estimate of drug-likeness (QED) is 0.314. The maximum absolute atomic E-state index is 12.4. The third-order valence-electron chi connectivity index (χ3n) is 4.06. The van der Waals surface area contributed by atoms with Gasteiger partial charge in [0.25, 0.3) is 5.69 Å². The van der Waals surface area contributed by atoms with Gasteiger partial charge < -0.3 is 5.32 Å². The fourth-order valence-electron chi connectivity index (χ4n) is 2.63. The van der Waals surface area contributed by atoms with Crippen LogP contribution in [-0.2, 0) is 4.79 Å². The lowest BCUT2D eigenvalue weighted by molar-refractivity contribution is -0.384. The zero-order valence-electron chi connectivity index (χ0n) is 14.6. The number of rotatable bonds is 5. The number of amides is 1. The highest BCUT2D eigenvalue weighted by atomic mass is 32.2. The molecule has 0 aliphatic rings. The van der Waals surface area contributed by atoms with E-state index in [4.69, 9.17) is 0 Å². The molecule has 28 heavy (non-hydrogen) atoms. The van der Waals surface area contributed by atoms with E-state index in [1.165, 1.54) is 36.0 Å². The van der Waals surface area contributed by atoms with E-state index >= 15 is 0 Å². The molecule has 1 amide bonds. The summed E-state index contributed by atoms with van der Waals surface area (Å²) in [4.78, 5) is 31.5. The molecule has 140 valence electrons. The summed E-state index contributed by atoms with van der Waals surface area (Å²) in [7, 11) is 0. The number of anilines is 1. The molecule has 0 spiro atoms. The Bertz CT molecular complexity index is 1190. The monoisotopic (exact) mass is 394 g/mol. The molecule has 0 aliphatic carbocycles. The van der Waals surface area contributed by atoms with Crippen molar-refractivity contribution >= 4 is 45.6 Å². The summed E-state index contributed by atoms with van der Waals surface area (Å²) >= 11 is 1.22. The number of thioether (sulfide) groups is 1. The van der Waals surface area contributed by atoms with Crippen LogP contribution < -0.4 is 5.32 Å². The molecule has 9 nitrogen and oxygen atoms in total. The molecule has 10 heteroatoms. The molecule has 2 heterocycles. The van der Waals surface area contributed by atoms with E-state index < -0.39 is 10.2 Å². The van der Waals surface area contributed by atoms with E-state index in [1.54, 1.807) is 17.8 Å². The first-order valence-corrected chi connectivity index (χ1v) is 9.21. The largest absolute Gasteiger partial charge is 0.325 e. The first-order chi connectivity index (χ1) is 13.5. The molecule has 0 aliphatic heterocycles. The highest BCUT2D eigenvalue weighted by Crippen LogP contribution is 2.24. The van der Waals surface area contributed by atoms with Gasteiger partial charge in [-0.05, 0) is 31.2 Å². The van der Waals surface area contributed by atoms with Gasteiger partial charge in [0.2, 0.25) is 11.1 Å². The average Bonchev–Trinajstić information content (AvgIpc) is 3.11. The van der Waals surface area contributed by atoms with Gasteiger partial charge in [-0.15, -0.1) is 5.10 Å². The van der Waals surface area contributed by atoms with Crippen molar-refractivity contribution in [2.45, 2.75) is 17.3 Å². The second-order valence-corrected chi connectivity index (χ2v) is 7.29. The summed E-state index contributed by atoms with van der Waals surface area (Å²) in [6.07, 6.45) is 1.59. The number of carbonyl (C=O) groups is 1. The predicted octanol–water partition coefficient (Wildman–Crippen LogP) is 3.31. The summed E-state index contributed by atoms with van der Waals surface area (Å²) in [5.41, 5.74) is 1.95. The number of hydrogen-bond donors (Lipinski definition) is 1. The molecule has 0 bridgehead atoms. The highest BCUT2D eigenvalue weighted by Gasteiger charge is 2.18. The van der Waals surface area contributed by atoms with Crippen LogP contribution in [0.25, 0.3) is 16.6 Å². The van der Waals surface area contributed by atoms with Crippen LogP contribution in [0.2, 0.25) is 0 Å². The van der Waals surface area contributed by atoms with Crippen molar-refractivity contribution in [3.8, 4) is 0 Å². The molecule has 0 fully saturated rings. The summed E-state index contributed by atoms with van der Waals surface area (Å²) < 4.78 is 1.59. The minimum atomic E-state index is -0.488. The molecule has 0 radical (unpaired) electrons. The van der Waals surface area contributed by atoms with Crippen LogP contribution in [0.15, 0.2) is 60.0 Å². The van der Waals surface area contributed by atoms with E-state index in [1.807, 2.05) is 24.3 Å². The number of nitro groups is 1. The van der Waals surface area contributed by atoms with Gasteiger partial charge in [0.1, 0.15) is 6.33 Å². The van der Waals surface area contributed by atoms with Crippen molar-refractivity contribution in [2.75, 3.05) is 5.32 Å². The standard InChI is InChI=1S/C18H14N6O3S/c1-11(17(25)20-12-6-8-13(9-7-12)24(26)27)28-18-21-16-14-4-2-3-5-15(14)19-10-23(16)22-18/h2-11H,1H3,(H,20,25). The molecule has 1 N–H and O–H groups in total. The Balaban J connectivity index is 1.49. The van der Waals surface area contributed by atoms with E-state index in [2.05, 4.69) is 20.4 Å². The van der Waals surface area contributed by atoms with Gasteiger partial charge in [-0.3, -0.25) is 14.9 Å². The van der Waals surface area contributed by atoms with Gasteiger partial charge in [-0.25, -0.2) is 14.5 Å². The second kappa shape index (κ2) is 7.24. The number of non-ortho nitro benzene ring substituents is 1. The maximum atomic E-state index is 12.4. The van der Waals surface area contributed by atoms with Crippen molar-refractivity contribution in [1.82, 2.24) is 19.6 Å². The lowest BCUT2D eigenvalue weighted by atomic mass is 10.2. The molecular weight excluding hydrogens is 380 g/mol. The van der Waals surface area contributed by atoms with Gasteiger partial charge in [-0.2, -0.15) is 0 Å². The highest BCUT2D eigenvalue weighted by molar-refractivity contribution is 8.00. The van der Waals surface area contributed by atoms with Gasteiger partial charge >= 0.3 is 0 Å². The Morgan fingerprint density at radius 1 is 1.21 bits per heavy atom. The summed E-state index contributed by atoms with van der Waals surface area (Å²) in [6, 6.07) is 13.3. The molecule has 0 saturated carbocycles. The minimum absolute atomic E-state index is 0.0323. The van der Waals surface area contributed by atoms with Crippen molar-refractivity contribution in [3.63, 3.8) is 0 Å². The van der Waals surface area contributed by atoms with Crippen LogP contribution in [0.4, 0.5) is 11.4 Å². The molecular formula is C18H14N6O3S. The van der Waals surface area contributed by atoms with Crippen LogP contribution in [0.5, 0.6) is 0 Å². The normalized spacial score (nSPS) is 12.2. The summed E-state index contributed by atoms with van der Waals surface area (Å²) in [5.74, 6) is -0.249. The lowest BCUT2D eigenvalue weighted by Gasteiger charge is -2.09. The summed E-state index contributed by atoms with van der Waals surface area (Å²) in [5, 5.41) is 18.7. The smallest absolute Gasteiger partial charge is 0.269 e. The Morgan fingerprint density at radius 2 is 1.96 bits per heavy atom. The number of carbonyl (C=O) groups excluding carboxylic acids is 1. The van der Waals surface area contributed by atoms with Crippen molar-refractivity contribution in [1.29, 1.82) is 0 Å². The molecule has 2 aromatic carbocycles. The number of aromatic nitrogens is 4. The molecule has 1 atom stereocenters. The van der Waals surface area contributed by atoms with Gasteiger partial charge in [-0.1, -0.05) is 23.9 Å². The maximum Gasteiger partial charge on any atom is 0.269 e. The number of nitrogens with one attached hydrogen (secondary N) is 1. The van der Waals surface area contributed by atoms with Crippen molar-refractivity contribution in [2.24, 2.45) is 0 Å². The van der Waals surface area contributed by atoms with E-state index in [9.17, 15) is 14.9 Å². The Kier molecular flexibility index (Phi) is 4.62. The van der Waals surface area contributed by atoms with Crippen LogP contribution >= 0.6 is 11.8 Å². The predicted molar refractivity (Wildman–Crippen MR) is 105 cm³/mol. The van der Waals surface area contributed by atoms with Crippen molar-refractivity contribution in [3.05, 3.63) is 65.0 Å². The van der Waals surface area contributed by atoms with E-state index in [-0.39, 0.29) is 11.6 Å². The molecule has 1 unspecified atom stereocenters. The van der Waals surface area contributed by atoms with Crippen LogP contribution in [0, 0.1) is 10.1 Å². The Hall–Kier alpha value is -3.53. The van der Waals surface area contributed by atoms with Crippen LogP contribution in [-0.4, -0.2) is 35.7 Å². The number of hydrogen-bond acceptors (Lipinski definition) is 7. The number of nitrogens with zero attached hydrogens (tertiary/aromatic N) is 5. The van der Waals surface area contributed by atoms with E-state index in [0.29, 0.717) is 16.5 Å². The molecule has 0 saturated heterocycles. The van der Waals surface area contributed by atoms with Gasteiger partial charge in [0.05, 0.1) is 15.7 Å². The number of nitro benzene ring substituents is 1. The summed E-state index contributed by atoms with van der Waals surface area (Å²) in [6.45, 7) is 1.74. The second-order valence-electron chi connectivity index (χ2n) is 5.98. The van der Waals surface area contributed by atoms with Crippen LogP contribution in [0.3, 0.4) is 0 Å². The molecule has 2 aromatic heterocycles. The topological polar surface area (TPSA) is 115 Å². The zero-order chi connectivity index (χ0) is 19.7. The Morgan fingerprint density at radius 3 is 2.71 bits per heavy atom.